The Hall–Kier alpha value is -4.83. The van der Waals surface area contributed by atoms with Gasteiger partial charge in [-0.1, -0.05) is 165 Å². The summed E-state index contributed by atoms with van der Waals surface area (Å²) in [5.41, 5.74) is 4.90. The molecule has 5 aliphatic rings. The predicted molar refractivity (Wildman–Crippen MR) is 242 cm³/mol. The van der Waals surface area contributed by atoms with E-state index in [1.54, 1.807) is 0 Å². The number of esters is 1. The van der Waals surface area contributed by atoms with E-state index in [0.29, 0.717) is 13.0 Å². The third-order valence-corrected chi connectivity index (χ3v) is 12.4. The van der Waals surface area contributed by atoms with Gasteiger partial charge in [-0.2, -0.15) is 0 Å². The van der Waals surface area contributed by atoms with Crippen LogP contribution in [-0.4, -0.2) is 85.9 Å². The van der Waals surface area contributed by atoms with Gasteiger partial charge in [-0.15, -0.1) is 0 Å². The van der Waals surface area contributed by atoms with E-state index in [1.807, 2.05) is 152 Å². The quantitative estimate of drug-likeness (QED) is 0.0619. The van der Waals surface area contributed by atoms with Crippen LogP contribution < -0.4 is 0 Å². The molecule has 4 bridgehead atoms. The zero-order chi connectivity index (χ0) is 45.1. The lowest BCUT2D eigenvalue weighted by Crippen LogP contribution is -2.80. The van der Waals surface area contributed by atoms with Gasteiger partial charge in [0.2, 0.25) is 0 Å². The minimum atomic E-state index is -1.37. The Labute approximate surface area is 387 Å². The SMILES string of the molecule is CCCCC12OC3C(OCc4ccccc4)C(O1)C(O[C@@H]1O[C@H](COCc4ccccc4)[C@@H](OCc4ccccc4)[C@H](OCc4ccccc4)[C@@H]1OCc1ccccc1)C(O2)C3OC(C)=O. The molecule has 4 heterocycles. The molecule has 0 aromatic heterocycles. The molecule has 4 aliphatic heterocycles. The molecule has 66 heavy (non-hydrogen) atoms. The molecule has 0 radical (unpaired) electrons. The van der Waals surface area contributed by atoms with Crippen LogP contribution in [0.4, 0.5) is 0 Å². The first-order chi connectivity index (χ1) is 32.4. The van der Waals surface area contributed by atoms with Crippen molar-refractivity contribution in [1.82, 2.24) is 0 Å². The zero-order valence-corrected chi connectivity index (χ0v) is 37.5. The Morgan fingerprint density at radius 2 is 0.909 bits per heavy atom. The molecule has 0 amide bonds. The van der Waals surface area contributed by atoms with E-state index in [1.165, 1.54) is 6.92 Å². The molecule has 1 saturated carbocycles. The molecule has 5 aromatic rings. The molecule has 12 nitrogen and oxygen atoms in total. The second kappa shape index (κ2) is 22.3. The van der Waals surface area contributed by atoms with Crippen LogP contribution in [0, 0.1) is 0 Å². The molecule has 10 rings (SSSR count). The first-order valence-electron chi connectivity index (χ1n) is 23.2. The molecular formula is C54H60O12. The molecule has 348 valence electrons. The molecule has 5 aromatic carbocycles. The molecule has 12 atom stereocenters. The van der Waals surface area contributed by atoms with Crippen LogP contribution in [-0.2, 0) is 89.9 Å². The van der Waals surface area contributed by atoms with Gasteiger partial charge < -0.3 is 52.1 Å². The van der Waals surface area contributed by atoms with Crippen molar-refractivity contribution in [2.75, 3.05) is 6.61 Å². The van der Waals surface area contributed by atoms with Crippen LogP contribution in [0.25, 0.3) is 0 Å². The Morgan fingerprint density at radius 3 is 1.38 bits per heavy atom. The molecule has 7 unspecified atom stereocenters. The smallest absolute Gasteiger partial charge is 0.303 e. The van der Waals surface area contributed by atoms with Crippen molar-refractivity contribution < 1.29 is 56.9 Å². The Bertz CT molecular complexity index is 2220. The third-order valence-electron chi connectivity index (χ3n) is 12.4. The topological polar surface area (TPSA) is 119 Å². The zero-order valence-electron chi connectivity index (χ0n) is 37.5. The number of carbonyl (C=O) groups excluding carboxylic acids is 1. The van der Waals surface area contributed by atoms with E-state index in [9.17, 15) is 4.79 Å². The van der Waals surface area contributed by atoms with Crippen LogP contribution in [0.1, 0.15) is 60.9 Å². The minimum Gasteiger partial charge on any atom is -0.457 e. The summed E-state index contributed by atoms with van der Waals surface area (Å²) in [6, 6.07) is 49.8. The summed E-state index contributed by atoms with van der Waals surface area (Å²) < 4.78 is 74.8. The fraction of sp³-hybridized carbons (Fsp3) is 0.426. The first-order valence-corrected chi connectivity index (χ1v) is 23.2. The van der Waals surface area contributed by atoms with E-state index in [-0.39, 0.29) is 33.0 Å². The lowest BCUT2D eigenvalue weighted by molar-refractivity contribution is -0.547. The van der Waals surface area contributed by atoms with Gasteiger partial charge in [-0.3, -0.25) is 4.79 Å². The summed E-state index contributed by atoms with van der Waals surface area (Å²) in [4.78, 5) is 12.9. The second-order valence-corrected chi connectivity index (χ2v) is 17.3. The Kier molecular flexibility index (Phi) is 15.6. The monoisotopic (exact) mass is 900 g/mol. The molecule has 0 N–H and O–H groups in total. The van der Waals surface area contributed by atoms with Crippen molar-refractivity contribution in [3.63, 3.8) is 0 Å². The van der Waals surface area contributed by atoms with Gasteiger partial charge in [0, 0.05) is 13.3 Å². The minimum absolute atomic E-state index is 0.143. The maximum Gasteiger partial charge on any atom is 0.303 e. The highest BCUT2D eigenvalue weighted by molar-refractivity contribution is 5.66. The van der Waals surface area contributed by atoms with Crippen molar-refractivity contribution in [1.29, 1.82) is 0 Å². The van der Waals surface area contributed by atoms with Gasteiger partial charge in [0.1, 0.15) is 54.9 Å². The largest absolute Gasteiger partial charge is 0.457 e. The van der Waals surface area contributed by atoms with Crippen LogP contribution >= 0.6 is 0 Å². The van der Waals surface area contributed by atoms with Crippen LogP contribution in [0.15, 0.2) is 152 Å². The highest BCUT2D eigenvalue weighted by atomic mass is 16.9. The molecule has 4 saturated heterocycles. The van der Waals surface area contributed by atoms with Gasteiger partial charge in [-0.25, -0.2) is 0 Å². The fourth-order valence-electron chi connectivity index (χ4n) is 9.25. The predicted octanol–water partition coefficient (Wildman–Crippen LogP) is 8.63. The summed E-state index contributed by atoms with van der Waals surface area (Å²) >= 11 is 0. The summed E-state index contributed by atoms with van der Waals surface area (Å²) in [7, 11) is 0. The van der Waals surface area contributed by atoms with Gasteiger partial charge in [-0.05, 0) is 34.2 Å². The summed E-state index contributed by atoms with van der Waals surface area (Å²) in [6.07, 6.45) is -6.62. The van der Waals surface area contributed by atoms with Gasteiger partial charge in [0.15, 0.2) is 12.4 Å². The second-order valence-electron chi connectivity index (χ2n) is 17.3. The number of hydrogen-bond acceptors (Lipinski definition) is 12. The van der Waals surface area contributed by atoms with Gasteiger partial charge in [0.05, 0.1) is 39.6 Å². The van der Waals surface area contributed by atoms with E-state index < -0.39 is 79.3 Å². The number of ether oxygens (including phenoxy) is 11. The number of carbonyl (C=O) groups is 1. The lowest BCUT2D eigenvalue weighted by Gasteiger charge is -2.63. The first kappa shape index (κ1) is 46.3. The van der Waals surface area contributed by atoms with E-state index in [2.05, 4.69) is 6.92 Å². The van der Waals surface area contributed by atoms with Gasteiger partial charge in [0.25, 0.3) is 5.97 Å². The number of rotatable bonds is 22. The molecule has 1 aliphatic carbocycles. The highest BCUT2D eigenvalue weighted by Gasteiger charge is 2.70. The normalized spacial score (nSPS) is 30.0. The lowest BCUT2D eigenvalue weighted by atomic mass is 9.80. The Balaban J connectivity index is 1.09. The third kappa shape index (κ3) is 11.3. The van der Waals surface area contributed by atoms with Crippen molar-refractivity contribution >= 4 is 5.97 Å². The van der Waals surface area contributed by atoms with E-state index in [4.69, 9.17) is 52.1 Å². The van der Waals surface area contributed by atoms with Crippen molar-refractivity contribution in [3.05, 3.63) is 179 Å². The van der Waals surface area contributed by atoms with E-state index >= 15 is 0 Å². The molecular weight excluding hydrogens is 841 g/mol. The average Bonchev–Trinajstić information content (AvgIpc) is 3.35. The highest BCUT2D eigenvalue weighted by Crippen LogP contribution is 2.51. The van der Waals surface area contributed by atoms with Crippen LogP contribution in [0.3, 0.4) is 0 Å². The maximum atomic E-state index is 12.9. The van der Waals surface area contributed by atoms with Gasteiger partial charge >= 0.3 is 5.97 Å². The summed E-state index contributed by atoms with van der Waals surface area (Å²) in [5.74, 6) is -1.86. The van der Waals surface area contributed by atoms with Crippen molar-refractivity contribution in [2.24, 2.45) is 0 Å². The molecule has 5 fully saturated rings. The van der Waals surface area contributed by atoms with Crippen molar-refractivity contribution in [3.8, 4) is 0 Å². The molecule has 0 spiro atoms. The maximum absolute atomic E-state index is 12.9. The average molecular weight is 901 g/mol. The van der Waals surface area contributed by atoms with Crippen molar-refractivity contribution in [2.45, 2.75) is 139 Å². The Morgan fingerprint density at radius 1 is 0.500 bits per heavy atom. The summed E-state index contributed by atoms with van der Waals surface area (Å²) in [6.45, 7) is 5.00. The standard InChI is InChI=1S/C54H60O12/c1-3-4-30-54-64-49-46(59-34-41-26-16-8-17-27-41)50(65-54)48(51(66-54)47(49)61-37(2)55)63-53-52(60-35-42-28-18-9-19-29-42)45(58-33-40-24-14-7-15-25-40)44(57-32-39-22-12-6-13-23-39)43(62-53)36-56-31-38-20-10-5-11-21-38/h5-29,43-53H,3-4,30-36H2,1-2H3/t43-,44-,45+,46?,47?,48?,49?,50?,51?,52+,53+,54?/m1/s1. The summed E-state index contributed by atoms with van der Waals surface area (Å²) in [5, 5.41) is 0. The van der Waals surface area contributed by atoms with Crippen LogP contribution in [0.5, 0.6) is 0 Å². The van der Waals surface area contributed by atoms with E-state index in [0.717, 1.165) is 40.7 Å². The number of hydrogen-bond donors (Lipinski definition) is 0. The molecule has 12 heteroatoms. The number of benzene rings is 5. The fourth-order valence-corrected chi connectivity index (χ4v) is 9.25. The number of unbranched alkanes of at least 4 members (excludes halogenated alkanes) is 1. The van der Waals surface area contributed by atoms with Crippen LogP contribution in [0.2, 0.25) is 0 Å².